The van der Waals surface area contributed by atoms with Gasteiger partial charge >= 0.3 is 11.9 Å². The van der Waals surface area contributed by atoms with Crippen molar-refractivity contribution in [1.82, 2.24) is 14.4 Å². The van der Waals surface area contributed by atoms with E-state index in [1.807, 2.05) is 0 Å². The Morgan fingerprint density at radius 2 is 2.24 bits per heavy atom. The van der Waals surface area contributed by atoms with Crippen LogP contribution in [0.5, 0.6) is 0 Å². The molecule has 0 aliphatic heterocycles. The predicted octanol–water partition coefficient (Wildman–Crippen LogP) is 0.353. The smallest absolute Gasteiger partial charge is 0.356 e. The van der Waals surface area contributed by atoms with Crippen molar-refractivity contribution in [1.29, 1.82) is 0 Å². The van der Waals surface area contributed by atoms with E-state index in [9.17, 15) is 14.0 Å². The van der Waals surface area contributed by atoms with Crippen LogP contribution in [-0.2, 0) is 4.74 Å². The minimum atomic E-state index is -1.33. The van der Waals surface area contributed by atoms with Crippen LogP contribution >= 0.6 is 0 Å². The number of carboxylic acids is 1. The molecule has 2 aromatic heterocycles. The van der Waals surface area contributed by atoms with Crippen LogP contribution in [-0.4, -0.2) is 38.5 Å². The average Bonchev–Trinajstić information content (AvgIpc) is 2.69. The lowest BCUT2D eigenvalue weighted by Crippen LogP contribution is -2.12. The van der Waals surface area contributed by atoms with Crippen LogP contribution in [0.1, 0.15) is 21.0 Å². The average molecular weight is 239 g/mol. The third-order valence-corrected chi connectivity index (χ3v) is 2.07. The minimum Gasteiger partial charge on any atom is -0.477 e. The molecule has 0 amide bonds. The summed E-state index contributed by atoms with van der Waals surface area (Å²) in [6.45, 7) is 0. The number of carboxylic acid groups (broad SMARTS) is 1. The highest BCUT2D eigenvalue weighted by molar-refractivity contribution is 5.93. The fraction of sp³-hybridized carbons (Fsp3) is 0.111. The molecule has 2 heterocycles. The molecule has 0 saturated carbocycles. The first-order valence-corrected chi connectivity index (χ1v) is 4.39. The summed E-state index contributed by atoms with van der Waals surface area (Å²) in [7, 11) is 1.11. The maximum atomic E-state index is 13.2. The summed E-state index contributed by atoms with van der Waals surface area (Å²) in [5.74, 6) is -3.14. The fourth-order valence-electron chi connectivity index (χ4n) is 1.32. The Bertz CT molecular complexity index is 622. The molecule has 88 valence electrons. The van der Waals surface area contributed by atoms with Crippen LogP contribution in [0.15, 0.2) is 12.4 Å². The van der Waals surface area contributed by atoms with Crippen molar-refractivity contribution >= 4 is 17.6 Å². The van der Waals surface area contributed by atoms with Gasteiger partial charge in [0.25, 0.3) is 5.95 Å². The lowest BCUT2D eigenvalue weighted by Gasteiger charge is -2.03. The number of halogens is 1. The molecular formula is C9H6FN3O4. The molecule has 0 aliphatic rings. The highest BCUT2D eigenvalue weighted by atomic mass is 19.1. The Labute approximate surface area is 93.5 Å². The van der Waals surface area contributed by atoms with Crippen molar-refractivity contribution in [3.63, 3.8) is 0 Å². The van der Waals surface area contributed by atoms with Gasteiger partial charge in [-0.15, -0.1) is 0 Å². The van der Waals surface area contributed by atoms with Crippen LogP contribution < -0.4 is 0 Å². The minimum absolute atomic E-state index is 0.295. The van der Waals surface area contributed by atoms with E-state index in [-0.39, 0.29) is 17.0 Å². The van der Waals surface area contributed by atoms with E-state index in [0.29, 0.717) is 0 Å². The molecule has 7 nitrogen and oxygen atoms in total. The van der Waals surface area contributed by atoms with Crippen LogP contribution in [0.4, 0.5) is 4.39 Å². The number of esters is 1. The lowest BCUT2D eigenvalue weighted by atomic mass is 10.3. The van der Waals surface area contributed by atoms with Gasteiger partial charge in [-0.3, -0.25) is 4.40 Å². The summed E-state index contributed by atoms with van der Waals surface area (Å²) >= 11 is 0. The molecule has 0 aromatic carbocycles. The maximum absolute atomic E-state index is 13.2. The zero-order valence-electron chi connectivity index (χ0n) is 8.55. The summed E-state index contributed by atoms with van der Waals surface area (Å²) in [4.78, 5) is 29.1. The van der Waals surface area contributed by atoms with Crippen molar-refractivity contribution < 1.29 is 23.8 Å². The second-order valence-corrected chi connectivity index (χ2v) is 3.05. The van der Waals surface area contributed by atoms with Crippen molar-refractivity contribution in [2.75, 3.05) is 7.11 Å². The van der Waals surface area contributed by atoms with E-state index in [4.69, 9.17) is 5.11 Å². The zero-order chi connectivity index (χ0) is 12.6. The summed E-state index contributed by atoms with van der Waals surface area (Å²) in [6.07, 6.45) is 0.974. The number of carbonyl (C=O) groups is 2. The molecule has 0 unspecified atom stereocenters. The Balaban J connectivity index is 2.78. The number of imidazole rings is 1. The number of aromatic carboxylic acids is 1. The predicted molar refractivity (Wildman–Crippen MR) is 51.2 cm³/mol. The van der Waals surface area contributed by atoms with Gasteiger partial charge in [0.15, 0.2) is 11.3 Å². The van der Waals surface area contributed by atoms with Gasteiger partial charge in [0.2, 0.25) is 0 Å². The van der Waals surface area contributed by atoms with Gasteiger partial charge in [0.1, 0.15) is 12.0 Å². The van der Waals surface area contributed by atoms with E-state index in [0.717, 1.165) is 23.9 Å². The SMILES string of the molecule is COC(=O)c1cc(C(=O)O)n2cnc(F)c2n1. The number of nitrogens with zero attached hydrogens (tertiary/aromatic N) is 3. The molecule has 0 radical (unpaired) electrons. The molecule has 8 heteroatoms. The highest BCUT2D eigenvalue weighted by Crippen LogP contribution is 2.11. The number of fused-ring (bicyclic) bond motifs is 1. The van der Waals surface area contributed by atoms with E-state index in [2.05, 4.69) is 14.7 Å². The summed E-state index contributed by atoms with van der Waals surface area (Å²) in [5.41, 5.74) is -0.964. The molecule has 2 aromatic rings. The van der Waals surface area contributed by atoms with E-state index < -0.39 is 17.9 Å². The second-order valence-electron chi connectivity index (χ2n) is 3.05. The van der Waals surface area contributed by atoms with Gasteiger partial charge < -0.3 is 9.84 Å². The van der Waals surface area contributed by atoms with Crippen LogP contribution in [0.25, 0.3) is 5.65 Å². The molecule has 2 rings (SSSR count). The van der Waals surface area contributed by atoms with Crippen molar-refractivity contribution in [2.24, 2.45) is 0 Å². The number of hydrogen-bond acceptors (Lipinski definition) is 5. The third kappa shape index (κ3) is 1.69. The first-order chi connectivity index (χ1) is 8.04. The number of aromatic nitrogens is 3. The molecule has 0 aliphatic carbocycles. The molecule has 0 spiro atoms. The number of ether oxygens (including phenoxy) is 1. The summed E-state index contributed by atoms with van der Waals surface area (Å²) < 4.78 is 18.5. The van der Waals surface area contributed by atoms with Crippen molar-refractivity contribution in [2.45, 2.75) is 0 Å². The van der Waals surface area contributed by atoms with Gasteiger partial charge in [0, 0.05) is 6.07 Å². The van der Waals surface area contributed by atoms with Gasteiger partial charge in [0.05, 0.1) is 7.11 Å². The molecule has 1 N–H and O–H groups in total. The molecule has 0 fully saturated rings. The summed E-state index contributed by atoms with van der Waals surface area (Å²) in [5, 5.41) is 8.92. The molecule has 0 saturated heterocycles. The van der Waals surface area contributed by atoms with Crippen LogP contribution in [0.2, 0.25) is 0 Å². The molecule has 0 atom stereocenters. The first-order valence-electron chi connectivity index (χ1n) is 4.39. The Morgan fingerprint density at radius 3 is 2.82 bits per heavy atom. The summed E-state index contributed by atoms with van der Waals surface area (Å²) in [6, 6.07) is 0.988. The lowest BCUT2D eigenvalue weighted by molar-refractivity contribution is 0.0594. The topological polar surface area (TPSA) is 93.8 Å². The Morgan fingerprint density at radius 1 is 1.53 bits per heavy atom. The van der Waals surface area contributed by atoms with Gasteiger partial charge in [-0.05, 0) is 0 Å². The monoisotopic (exact) mass is 239 g/mol. The van der Waals surface area contributed by atoms with E-state index in [1.165, 1.54) is 0 Å². The first kappa shape index (κ1) is 11.0. The number of hydrogen-bond donors (Lipinski definition) is 1. The Kier molecular flexibility index (Phi) is 2.47. The van der Waals surface area contributed by atoms with Crippen LogP contribution in [0, 0.1) is 5.95 Å². The fourth-order valence-corrected chi connectivity index (χ4v) is 1.32. The number of rotatable bonds is 2. The van der Waals surface area contributed by atoms with E-state index in [1.54, 1.807) is 0 Å². The Hall–Kier alpha value is -2.51. The quantitative estimate of drug-likeness (QED) is 0.760. The van der Waals surface area contributed by atoms with Crippen LogP contribution in [0.3, 0.4) is 0 Å². The van der Waals surface area contributed by atoms with E-state index >= 15 is 0 Å². The standard InChI is InChI=1S/C9H6FN3O4/c1-17-9(16)4-2-5(8(14)15)13-3-11-6(10)7(13)12-4/h2-3H,1H3,(H,14,15). The normalized spacial score (nSPS) is 10.5. The van der Waals surface area contributed by atoms with Crippen molar-refractivity contribution in [3.8, 4) is 0 Å². The second kappa shape index (κ2) is 3.81. The van der Waals surface area contributed by atoms with Gasteiger partial charge in [-0.1, -0.05) is 0 Å². The molecule has 0 bridgehead atoms. The maximum Gasteiger partial charge on any atom is 0.356 e. The highest BCUT2D eigenvalue weighted by Gasteiger charge is 2.19. The third-order valence-electron chi connectivity index (χ3n) is 2.07. The van der Waals surface area contributed by atoms with Gasteiger partial charge in [-0.25, -0.2) is 19.6 Å². The number of methoxy groups -OCH3 is 1. The van der Waals surface area contributed by atoms with Gasteiger partial charge in [-0.2, -0.15) is 4.39 Å². The zero-order valence-corrected chi connectivity index (χ0v) is 8.55. The molecule has 17 heavy (non-hydrogen) atoms. The van der Waals surface area contributed by atoms with Crippen molar-refractivity contribution in [3.05, 3.63) is 29.7 Å². The number of carbonyl (C=O) groups excluding carboxylic acids is 1. The largest absolute Gasteiger partial charge is 0.477 e. The molecular weight excluding hydrogens is 233 g/mol.